The maximum Gasteiger partial charge on any atom is 0.344 e. The molecular weight excluding hydrogens is 252 g/mol. The Balaban J connectivity index is 2.49. The number of rotatable bonds is 4. The fourth-order valence-electron chi connectivity index (χ4n) is 1.91. The zero-order chi connectivity index (χ0) is 13.3. The molecule has 0 bridgehead atoms. The van der Waals surface area contributed by atoms with Gasteiger partial charge in [0.2, 0.25) is 15.6 Å². The third kappa shape index (κ3) is 2.33. The summed E-state index contributed by atoms with van der Waals surface area (Å²) in [6.07, 6.45) is 0. The Bertz CT molecular complexity index is 674. The van der Waals surface area contributed by atoms with Crippen LogP contribution in [0.15, 0.2) is 22.6 Å². The topological polar surface area (TPSA) is 63.2 Å². The van der Waals surface area contributed by atoms with E-state index in [0.717, 1.165) is 23.5 Å². The highest BCUT2D eigenvalue weighted by Gasteiger charge is 2.18. The maximum absolute atomic E-state index is 11.5. The van der Waals surface area contributed by atoms with Crippen LogP contribution in [0.4, 0.5) is 5.69 Å². The Labute approximate surface area is 106 Å². The largest absolute Gasteiger partial charge is 0.402 e. The molecule has 0 unspecified atom stereocenters. The van der Waals surface area contributed by atoms with Crippen LogP contribution in [0, 0.1) is 6.92 Å². The molecule has 18 heavy (non-hydrogen) atoms. The van der Waals surface area contributed by atoms with Crippen molar-refractivity contribution in [2.75, 3.05) is 10.5 Å². The highest BCUT2D eigenvalue weighted by Crippen LogP contribution is 2.19. The number of nitrogens with zero attached hydrogens (tertiary/aromatic N) is 1. The van der Waals surface area contributed by atoms with Gasteiger partial charge in [-0.05, 0) is 26.0 Å². The molecule has 1 N–H and O–H groups in total. The second-order valence-electron chi connectivity index (χ2n) is 4.05. The van der Waals surface area contributed by atoms with E-state index < -0.39 is 10.0 Å². The van der Waals surface area contributed by atoms with Gasteiger partial charge in [-0.2, -0.15) is 4.57 Å². The molecule has 1 aromatic carbocycles. The predicted molar refractivity (Wildman–Crippen MR) is 69.9 cm³/mol. The van der Waals surface area contributed by atoms with E-state index in [-0.39, 0.29) is 5.75 Å². The van der Waals surface area contributed by atoms with Crippen LogP contribution in [-0.2, 0) is 16.6 Å². The Kier molecular flexibility index (Phi) is 3.30. The molecule has 1 aromatic heterocycles. The van der Waals surface area contributed by atoms with Crippen LogP contribution in [-0.4, -0.2) is 14.2 Å². The molecule has 6 heteroatoms. The van der Waals surface area contributed by atoms with Crippen LogP contribution in [0.25, 0.3) is 11.1 Å². The van der Waals surface area contributed by atoms with Crippen LogP contribution < -0.4 is 9.29 Å². The molecule has 98 valence electrons. The standard InChI is InChI=1S/C12H17N2O3S/c1-4-14-9(3)17-12-7-6-10(8-11(12)14)13-18(15,16)5-2/h6-8,13H,4-5H2,1-3H3/q+1. The van der Waals surface area contributed by atoms with Crippen molar-refractivity contribution in [3.05, 3.63) is 24.1 Å². The Morgan fingerprint density at radius 3 is 2.67 bits per heavy atom. The molecule has 2 aromatic rings. The first-order valence-corrected chi connectivity index (χ1v) is 7.55. The van der Waals surface area contributed by atoms with E-state index in [1.807, 2.05) is 18.4 Å². The number of fused-ring (bicyclic) bond motifs is 1. The molecular formula is C12H17N2O3S+. The molecule has 0 fully saturated rings. The third-order valence-electron chi connectivity index (χ3n) is 2.86. The van der Waals surface area contributed by atoms with E-state index >= 15 is 0 Å². The molecule has 0 amide bonds. The normalized spacial score (nSPS) is 11.9. The van der Waals surface area contributed by atoms with Gasteiger partial charge in [0.1, 0.15) is 6.54 Å². The van der Waals surface area contributed by atoms with Crippen molar-refractivity contribution < 1.29 is 17.4 Å². The van der Waals surface area contributed by atoms with Gasteiger partial charge in [-0.3, -0.25) is 4.72 Å². The molecule has 5 nitrogen and oxygen atoms in total. The van der Waals surface area contributed by atoms with Crippen molar-refractivity contribution >= 4 is 26.8 Å². The first kappa shape index (κ1) is 12.9. The minimum absolute atomic E-state index is 0.0588. The smallest absolute Gasteiger partial charge is 0.344 e. The number of aromatic nitrogens is 1. The fraction of sp³-hybridized carbons (Fsp3) is 0.417. The molecule has 0 aliphatic carbocycles. The number of oxazole rings is 1. The minimum atomic E-state index is -3.24. The lowest BCUT2D eigenvalue weighted by Crippen LogP contribution is -2.33. The van der Waals surface area contributed by atoms with Crippen molar-refractivity contribution in [2.24, 2.45) is 0 Å². The van der Waals surface area contributed by atoms with Gasteiger partial charge in [0.05, 0.1) is 18.4 Å². The summed E-state index contributed by atoms with van der Waals surface area (Å²) >= 11 is 0. The van der Waals surface area contributed by atoms with E-state index in [1.165, 1.54) is 0 Å². The lowest BCUT2D eigenvalue weighted by atomic mass is 10.3. The summed E-state index contributed by atoms with van der Waals surface area (Å²) in [4.78, 5) is 0. The van der Waals surface area contributed by atoms with Crippen molar-refractivity contribution in [1.29, 1.82) is 0 Å². The first-order chi connectivity index (χ1) is 8.46. The molecule has 2 rings (SSSR count). The van der Waals surface area contributed by atoms with Crippen molar-refractivity contribution in [3.63, 3.8) is 0 Å². The number of benzene rings is 1. The van der Waals surface area contributed by atoms with E-state index in [2.05, 4.69) is 4.72 Å². The summed E-state index contributed by atoms with van der Waals surface area (Å²) in [7, 11) is -3.24. The Hall–Kier alpha value is -1.56. The average molecular weight is 269 g/mol. The van der Waals surface area contributed by atoms with Gasteiger partial charge in [-0.15, -0.1) is 0 Å². The van der Waals surface area contributed by atoms with E-state index in [0.29, 0.717) is 5.69 Å². The monoisotopic (exact) mass is 269 g/mol. The van der Waals surface area contributed by atoms with Crippen LogP contribution in [0.2, 0.25) is 0 Å². The predicted octanol–water partition coefficient (Wildman–Crippen LogP) is 1.81. The SMILES string of the molecule is CC[n+]1c(C)oc2ccc(NS(=O)(=O)CC)cc21. The maximum atomic E-state index is 11.5. The highest BCUT2D eigenvalue weighted by molar-refractivity contribution is 7.92. The number of sulfonamides is 1. The third-order valence-corrected chi connectivity index (χ3v) is 4.16. The van der Waals surface area contributed by atoms with Crippen molar-refractivity contribution in [3.8, 4) is 0 Å². The number of aryl methyl sites for hydroxylation is 2. The van der Waals surface area contributed by atoms with Crippen molar-refractivity contribution in [2.45, 2.75) is 27.3 Å². The van der Waals surface area contributed by atoms with Crippen LogP contribution >= 0.6 is 0 Å². The zero-order valence-electron chi connectivity index (χ0n) is 10.7. The summed E-state index contributed by atoms with van der Waals surface area (Å²) in [5, 5.41) is 0. The molecule has 0 atom stereocenters. The number of anilines is 1. The second-order valence-corrected chi connectivity index (χ2v) is 6.06. The fourth-order valence-corrected chi connectivity index (χ4v) is 2.54. The van der Waals surface area contributed by atoms with Gasteiger partial charge in [0.25, 0.3) is 5.52 Å². The summed E-state index contributed by atoms with van der Waals surface area (Å²) in [5.41, 5.74) is 2.22. The second kappa shape index (κ2) is 4.61. The van der Waals surface area contributed by atoms with E-state index in [1.54, 1.807) is 25.1 Å². The zero-order valence-corrected chi connectivity index (χ0v) is 11.5. The molecule has 1 heterocycles. The number of nitrogens with one attached hydrogen (secondary N) is 1. The highest BCUT2D eigenvalue weighted by atomic mass is 32.2. The summed E-state index contributed by atoms with van der Waals surface area (Å²) in [6, 6.07) is 5.28. The minimum Gasteiger partial charge on any atom is -0.402 e. The van der Waals surface area contributed by atoms with Crippen LogP contribution in [0.5, 0.6) is 0 Å². The Morgan fingerprint density at radius 1 is 1.33 bits per heavy atom. The quantitative estimate of drug-likeness (QED) is 0.861. The molecule has 0 radical (unpaired) electrons. The van der Waals surface area contributed by atoms with Gasteiger partial charge in [-0.25, -0.2) is 8.42 Å². The number of hydrogen-bond acceptors (Lipinski definition) is 3. The lowest BCUT2D eigenvalue weighted by molar-refractivity contribution is -0.679. The summed E-state index contributed by atoms with van der Waals surface area (Å²) in [6.45, 7) is 6.29. The molecule has 0 saturated heterocycles. The van der Waals surface area contributed by atoms with E-state index in [9.17, 15) is 8.42 Å². The first-order valence-electron chi connectivity index (χ1n) is 5.90. The average Bonchev–Trinajstić information content (AvgIpc) is 2.63. The van der Waals surface area contributed by atoms with Crippen LogP contribution in [0.3, 0.4) is 0 Å². The Morgan fingerprint density at radius 2 is 2.06 bits per heavy atom. The van der Waals surface area contributed by atoms with Gasteiger partial charge < -0.3 is 4.42 Å². The number of hydrogen-bond donors (Lipinski definition) is 1. The van der Waals surface area contributed by atoms with Gasteiger partial charge in [-0.1, -0.05) is 0 Å². The molecule has 0 spiro atoms. The molecule has 0 saturated carbocycles. The van der Waals surface area contributed by atoms with Gasteiger partial charge >= 0.3 is 5.89 Å². The molecule has 0 aliphatic rings. The van der Waals surface area contributed by atoms with Gasteiger partial charge in [0.15, 0.2) is 0 Å². The van der Waals surface area contributed by atoms with E-state index in [4.69, 9.17) is 4.42 Å². The lowest BCUT2D eigenvalue weighted by Gasteiger charge is -2.04. The summed E-state index contributed by atoms with van der Waals surface area (Å²) < 4.78 is 33.2. The van der Waals surface area contributed by atoms with Crippen molar-refractivity contribution in [1.82, 2.24) is 0 Å². The van der Waals surface area contributed by atoms with Crippen LogP contribution in [0.1, 0.15) is 19.7 Å². The van der Waals surface area contributed by atoms with Gasteiger partial charge in [0, 0.05) is 6.07 Å². The summed E-state index contributed by atoms with van der Waals surface area (Å²) in [5.74, 6) is 0.867. The molecule has 0 aliphatic heterocycles.